The maximum absolute atomic E-state index is 10.7. The van der Waals surface area contributed by atoms with Gasteiger partial charge >= 0.3 is 5.97 Å². The summed E-state index contributed by atoms with van der Waals surface area (Å²) in [5.41, 5.74) is 6.28. The number of hydrogen-bond donors (Lipinski definition) is 2. The number of rotatable bonds is 2. The van der Waals surface area contributed by atoms with E-state index < -0.39 is 5.97 Å². The van der Waals surface area contributed by atoms with Crippen LogP contribution in [0.3, 0.4) is 0 Å². The van der Waals surface area contributed by atoms with E-state index in [-0.39, 0.29) is 11.4 Å². The number of aromatic nitrogens is 1. The molecule has 0 fully saturated rings. The van der Waals surface area contributed by atoms with Crippen LogP contribution in [0.15, 0.2) is 29.6 Å². The highest BCUT2D eigenvalue weighted by atomic mass is 32.1. The lowest BCUT2D eigenvalue weighted by Crippen LogP contribution is -2.04. The van der Waals surface area contributed by atoms with Crippen LogP contribution in [-0.4, -0.2) is 16.1 Å². The van der Waals surface area contributed by atoms with Crippen molar-refractivity contribution in [3.63, 3.8) is 0 Å². The predicted molar refractivity (Wildman–Crippen MR) is 58.9 cm³/mol. The molecule has 0 amide bonds. The van der Waals surface area contributed by atoms with Gasteiger partial charge in [0.2, 0.25) is 0 Å². The van der Waals surface area contributed by atoms with E-state index in [0.717, 1.165) is 4.88 Å². The highest BCUT2D eigenvalue weighted by molar-refractivity contribution is 7.13. The fourth-order valence-electron chi connectivity index (χ4n) is 1.22. The number of nitrogen functional groups attached to an aromatic ring is 1. The highest BCUT2D eigenvalue weighted by Crippen LogP contribution is 2.24. The molecule has 0 aromatic carbocycles. The second-order valence-electron chi connectivity index (χ2n) is 2.91. The second-order valence-corrected chi connectivity index (χ2v) is 3.86. The first-order valence-electron chi connectivity index (χ1n) is 4.22. The first kappa shape index (κ1) is 9.67. The maximum atomic E-state index is 10.7. The normalized spacial score (nSPS) is 10.1. The summed E-state index contributed by atoms with van der Waals surface area (Å²) in [5.74, 6) is -1.01. The minimum Gasteiger partial charge on any atom is -0.478 e. The molecule has 2 aromatic rings. The number of carbonyl (C=O) groups is 1. The molecule has 2 heterocycles. The van der Waals surface area contributed by atoms with Gasteiger partial charge in [-0.3, -0.25) is 0 Å². The third-order valence-electron chi connectivity index (χ3n) is 1.93. The van der Waals surface area contributed by atoms with Crippen LogP contribution in [-0.2, 0) is 0 Å². The SMILES string of the molecule is Nc1nc(-c2cccs2)ccc1C(=O)O. The van der Waals surface area contributed by atoms with Gasteiger partial charge in [0.15, 0.2) is 0 Å². The largest absolute Gasteiger partial charge is 0.478 e. The molecular weight excluding hydrogens is 212 g/mol. The molecule has 2 rings (SSSR count). The van der Waals surface area contributed by atoms with Crippen molar-refractivity contribution in [2.45, 2.75) is 0 Å². The number of carboxylic acid groups (broad SMARTS) is 1. The topological polar surface area (TPSA) is 76.2 Å². The predicted octanol–water partition coefficient (Wildman–Crippen LogP) is 2.09. The molecule has 0 aliphatic carbocycles. The molecule has 0 saturated heterocycles. The van der Waals surface area contributed by atoms with Crippen LogP contribution in [0.4, 0.5) is 5.82 Å². The molecule has 0 radical (unpaired) electrons. The molecule has 3 N–H and O–H groups in total. The van der Waals surface area contributed by atoms with Crippen LogP contribution in [0.2, 0.25) is 0 Å². The number of pyridine rings is 1. The van der Waals surface area contributed by atoms with Crippen LogP contribution in [0.25, 0.3) is 10.6 Å². The molecule has 4 nitrogen and oxygen atoms in total. The van der Waals surface area contributed by atoms with E-state index in [4.69, 9.17) is 10.8 Å². The van der Waals surface area contributed by atoms with E-state index in [2.05, 4.69) is 4.98 Å². The lowest BCUT2D eigenvalue weighted by molar-refractivity contribution is 0.0698. The van der Waals surface area contributed by atoms with E-state index in [9.17, 15) is 4.79 Å². The number of thiophene rings is 1. The summed E-state index contributed by atoms with van der Waals surface area (Å²) >= 11 is 1.53. The first-order chi connectivity index (χ1) is 7.18. The van der Waals surface area contributed by atoms with Crippen molar-refractivity contribution < 1.29 is 9.90 Å². The Kier molecular flexibility index (Phi) is 2.39. The number of carboxylic acids is 1. The summed E-state index contributed by atoms with van der Waals surface area (Å²) in [7, 11) is 0. The Morgan fingerprint density at radius 1 is 1.40 bits per heavy atom. The Morgan fingerprint density at radius 2 is 2.20 bits per heavy atom. The van der Waals surface area contributed by atoms with Gasteiger partial charge in [-0.05, 0) is 23.6 Å². The van der Waals surface area contributed by atoms with Gasteiger partial charge in [-0.2, -0.15) is 0 Å². The van der Waals surface area contributed by atoms with Crippen LogP contribution in [0.5, 0.6) is 0 Å². The fourth-order valence-corrected chi connectivity index (χ4v) is 1.91. The standard InChI is InChI=1S/C10H8N2O2S/c11-9-6(10(13)14)3-4-7(12-9)8-2-1-5-15-8/h1-5H,(H2,11,12)(H,13,14). The Bertz CT molecular complexity index is 494. The average Bonchev–Trinajstić information content (AvgIpc) is 2.69. The molecule has 5 heteroatoms. The molecule has 0 saturated carbocycles. The van der Waals surface area contributed by atoms with E-state index in [1.54, 1.807) is 6.07 Å². The smallest absolute Gasteiger partial charge is 0.339 e. The Labute approximate surface area is 90.0 Å². The fraction of sp³-hybridized carbons (Fsp3) is 0. The average molecular weight is 220 g/mol. The maximum Gasteiger partial charge on any atom is 0.339 e. The van der Waals surface area contributed by atoms with Crippen molar-refractivity contribution in [1.29, 1.82) is 0 Å². The van der Waals surface area contributed by atoms with E-state index in [0.29, 0.717) is 5.69 Å². The summed E-state index contributed by atoms with van der Waals surface area (Å²) in [6, 6.07) is 6.95. The number of anilines is 1. The Morgan fingerprint density at radius 3 is 2.73 bits per heavy atom. The van der Waals surface area contributed by atoms with Crippen molar-refractivity contribution in [3.05, 3.63) is 35.2 Å². The lowest BCUT2D eigenvalue weighted by Gasteiger charge is -2.01. The van der Waals surface area contributed by atoms with E-state index >= 15 is 0 Å². The monoisotopic (exact) mass is 220 g/mol. The second kappa shape index (κ2) is 3.70. The van der Waals surface area contributed by atoms with Crippen LogP contribution < -0.4 is 5.73 Å². The van der Waals surface area contributed by atoms with Gasteiger partial charge in [-0.1, -0.05) is 6.07 Å². The minimum atomic E-state index is -1.06. The Balaban J connectivity index is 2.47. The van der Waals surface area contributed by atoms with Gasteiger partial charge in [0.25, 0.3) is 0 Å². The summed E-state index contributed by atoms with van der Waals surface area (Å²) in [6.07, 6.45) is 0. The van der Waals surface area contributed by atoms with E-state index in [1.165, 1.54) is 17.4 Å². The molecule has 0 spiro atoms. The van der Waals surface area contributed by atoms with Crippen LogP contribution >= 0.6 is 11.3 Å². The molecule has 0 aliphatic heterocycles. The van der Waals surface area contributed by atoms with Crippen LogP contribution in [0, 0.1) is 0 Å². The van der Waals surface area contributed by atoms with Crippen molar-refractivity contribution in [1.82, 2.24) is 4.98 Å². The number of nitrogens with zero attached hydrogens (tertiary/aromatic N) is 1. The van der Waals surface area contributed by atoms with Gasteiger partial charge in [0.1, 0.15) is 11.4 Å². The molecular formula is C10H8N2O2S. The third-order valence-corrected chi connectivity index (χ3v) is 2.82. The summed E-state index contributed by atoms with van der Waals surface area (Å²) in [5, 5.41) is 10.7. The summed E-state index contributed by atoms with van der Waals surface area (Å²) in [6.45, 7) is 0. The zero-order valence-corrected chi connectivity index (χ0v) is 8.49. The number of aromatic carboxylic acids is 1. The van der Waals surface area contributed by atoms with Crippen molar-refractivity contribution in [2.75, 3.05) is 5.73 Å². The summed E-state index contributed by atoms with van der Waals surface area (Å²) in [4.78, 5) is 15.7. The lowest BCUT2D eigenvalue weighted by atomic mass is 10.2. The third kappa shape index (κ3) is 1.82. The molecule has 76 valence electrons. The quantitative estimate of drug-likeness (QED) is 0.812. The van der Waals surface area contributed by atoms with Crippen molar-refractivity contribution in [3.8, 4) is 10.6 Å². The summed E-state index contributed by atoms with van der Waals surface area (Å²) < 4.78 is 0. The minimum absolute atomic E-state index is 0.0373. The van der Waals surface area contributed by atoms with Gasteiger partial charge in [-0.25, -0.2) is 9.78 Å². The Hall–Kier alpha value is -1.88. The molecule has 0 bridgehead atoms. The number of nitrogens with two attached hydrogens (primary N) is 1. The molecule has 2 aromatic heterocycles. The zero-order chi connectivity index (χ0) is 10.8. The van der Waals surface area contributed by atoms with Gasteiger partial charge in [-0.15, -0.1) is 11.3 Å². The highest BCUT2D eigenvalue weighted by Gasteiger charge is 2.10. The van der Waals surface area contributed by atoms with Crippen molar-refractivity contribution in [2.24, 2.45) is 0 Å². The van der Waals surface area contributed by atoms with Gasteiger partial charge in [0, 0.05) is 0 Å². The first-order valence-corrected chi connectivity index (χ1v) is 5.10. The van der Waals surface area contributed by atoms with E-state index in [1.807, 2.05) is 17.5 Å². The van der Waals surface area contributed by atoms with Crippen LogP contribution in [0.1, 0.15) is 10.4 Å². The van der Waals surface area contributed by atoms with Gasteiger partial charge < -0.3 is 10.8 Å². The number of hydrogen-bond acceptors (Lipinski definition) is 4. The molecule has 0 atom stereocenters. The molecule has 0 unspecified atom stereocenters. The molecule has 0 aliphatic rings. The molecule has 15 heavy (non-hydrogen) atoms. The zero-order valence-electron chi connectivity index (χ0n) is 7.68. The van der Waals surface area contributed by atoms with Gasteiger partial charge in [0.05, 0.1) is 10.6 Å². The van der Waals surface area contributed by atoms with Crippen molar-refractivity contribution >= 4 is 23.1 Å².